The lowest BCUT2D eigenvalue weighted by atomic mass is 10.1. The normalized spacial score (nSPS) is 16.1. The standard InChI is InChI=1S/C19H19Cl2N3O2.ClH/c20-13-3-6-16(21)17(11-13)24-10-8-15(19(24)26)18(25)23-9-7-12-1-4-14(22)5-2-12;/h1-6,11,15H,7-10,22H2,(H,23,25);1H. The number of hydrogen-bond acceptors (Lipinski definition) is 3. The Balaban J connectivity index is 0.00000261. The highest BCUT2D eigenvalue weighted by Gasteiger charge is 2.38. The van der Waals surface area contributed by atoms with Gasteiger partial charge in [-0.25, -0.2) is 0 Å². The molecule has 0 radical (unpaired) electrons. The quantitative estimate of drug-likeness (QED) is 0.563. The minimum Gasteiger partial charge on any atom is -0.399 e. The van der Waals surface area contributed by atoms with Crippen LogP contribution in [0.5, 0.6) is 0 Å². The van der Waals surface area contributed by atoms with Gasteiger partial charge in [0, 0.05) is 23.8 Å². The Labute approximate surface area is 174 Å². The molecule has 1 saturated heterocycles. The van der Waals surface area contributed by atoms with Gasteiger partial charge >= 0.3 is 0 Å². The van der Waals surface area contributed by atoms with E-state index in [2.05, 4.69) is 5.32 Å². The third kappa shape index (κ3) is 5.06. The Morgan fingerprint density at radius 2 is 1.89 bits per heavy atom. The minimum absolute atomic E-state index is 0. The van der Waals surface area contributed by atoms with E-state index >= 15 is 0 Å². The summed E-state index contributed by atoms with van der Waals surface area (Å²) < 4.78 is 0. The maximum Gasteiger partial charge on any atom is 0.239 e. The molecule has 5 nitrogen and oxygen atoms in total. The molecule has 1 atom stereocenters. The lowest BCUT2D eigenvalue weighted by Gasteiger charge is -2.18. The Morgan fingerprint density at radius 3 is 2.59 bits per heavy atom. The van der Waals surface area contributed by atoms with Crippen molar-refractivity contribution >= 4 is 58.8 Å². The van der Waals surface area contributed by atoms with Crippen LogP contribution in [-0.4, -0.2) is 24.9 Å². The van der Waals surface area contributed by atoms with Gasteiger partial charge in [0.05, 0.1) is 10.7 Å². The number of anilines is 2. The van der Waals surface area contributed by atoms with Crippen LogP contribution < -0.4 is 16.0 Å². The van der Waals surface area contributed by atoms with Crippen LogP contribution in [0.25, 0.3) is 0 Å². The molecule has 2 aromatic carbocycles. The fraction of sp³-hybridized carbons (Fsp3) is 0.263. The molecule has 3 rings (SSSR count). The Bertz CT molecular complexity index is 827. The van der Waals surface area contributed by atoms with Crippen LogP contribution in [0.1, 0.15) is 12.0 Å². The number of amides is 2. The third-order valence-electron chi connectivity index (χ3n) is 4.41. The second kappa shape index (κ2) is 9.31. The molecule has 144 valence electrons. The van der Waals surface area contributed by atoms with Crippen molar-refractivity contribution in [1.29, 1.82) is 0 Å². The first-order valence-electron chi connectivity index (χ1n) is 8.34. The van der Waals surface area contributed by atoms with Gasteiger partial charge in [-0.1, -0.05) is 35.3 Å². The average molecular weight is 429 g/mol. The molecule has 0 saturated carbocycles. The highest BCUT2D eigenvalue weighted by Crippen LogP contribution is 2.33. The van der Waals surface area contributed by atoms with Crippen molar-refractivity contribution in [3.63, 3.8) is 0 Å². The molecule has 1 fully saturated rings. The number of benzene rings is 2. The van der Waals surface area contributed by atoms with E-state index in [0.29, 0.717) is 47.4 Å². The van der Waals surface area contributed by atoms with Crippen LogP contribution in [0.3, 0.4) is 0 Å². The first-order valence-corrected chi connectivity index (χ1v) is 9.10. The van der Waals surface area contributed by atoms with Crippen molar-refractivity contribution in [2.45, 2.75) is 12.8 Å². The molecular formula is C19H20Cl3N3O2. The first-order chi connectivity index (χ1) is 12.5. The number of carbonyl (C=O) groups is 2. The highest BCUT2D eigenvalue weighted by atomic mass is 35.5. The third-order valence-corrected chi connectivity index (χ3v) is 4.97. The number of carbonyl (C=O) groups excluding carboxylic acids is 2. The Kier molecular flexibility index (Phi) is 7.36. The molecule has 0 aromatic heterocycles. The zero-order chi connectivity index (χ0) is 18.7. The molecule has 0 spiro atoms. The van der Waals surface area contributed by atoms with Gasteiger partial charge in [-0.3, -0.25) is 9.59 Å². The number of rotatable bonds is 5. The number of hydrogen-bond donors (Lipinski definition) is 2. The SMILES string of the molecule is Cl.Nc1ccc(CCNC(=O)C2CCN(c3cc(Cl)ccc3Cl)C2=O)cc1. The van der Waals surface area contributed by atoms with Gasteiger partial charge < -0.3 is 16.0 Å². The monoisotopic (exact) mass is 427 g/mol. The van der Waals surface area contributed by atoms with Gasteiger partial charge in [-0.05, 0) is 48.7 Å². The van der Waals surface area contributed by atoms with Crippen LogP contribution >= 0.6 is 35.6 Å². The number of nitrogens with one attached hydrogen (secondary N) is 1. The maximum atomic E-state index is 12.6. The molecule has 1 unspecified atom stereocenters. The molecule has 2 amide bonds. The number of nitrogens with zero attached hydrogens (tertiary/aromatic N) is 1. The smallest absolute Gasteiger partial charge is 0.239 e. The summed E-state index contributed by atoms with van der Waals surface area (Å²) in [5.41, 5.74) is 7.97. The first kappa shape index (κ1) is 21.4. The molecule has 0 bridgehead atoms. The van der Waals surface area contributed by atoms with Crippen molar-refractivity contribution in [2.75, 3.05) is 23.7 Å². The summed E-state index contributed by atoms with van der Waals surface area (Å²) in [7, 11) is 0. The Hall–Kier alpha value is -1.95. The van der Waals surface area contributed by atoms with E-state index in [-0.39, 0.29) is 24.2 Å². The van der Waals surface area contributed by atoms with Crippen molar-refractivity contribution in [3.05, 3.63) is 58.1 Å². The van der Waals surface area contributed by atoms with Gasteiger partial charge in [0.1, 0.15) is 5.92 Å². The van der Waals surface area contributed by atoms with Crippen molar-refractivity contribution < 1.29 is 9.59 Å². The van der Waals surface area contributed by atoms with Gasteiger partial charge in [0.25, 0.3) is 0 Å². The lowest BCUT2D eigenvalue weighted by Crippen LogP contribution is -2.37. The second-order valence-corrected chi connectivity index (χ2v) is 7.05. The summed E-state index contributed by atoms with van der Waals surface area (Å²) in [6.45, 7) is 0.902. The van der Waals surface area contributed by atoms with Gasteiger partial charge in [0.15, 0.2) is 0 Å². The average Bonchev–Trinajstić information content (AvgIpc) is 3.00. The topological polar surface area (TPSA) is 75.4 Å². The fourth-order valence-electron chi connectivity index (χ4n) is 2.99. The zero-order valence-corrected chi connectivity index (χ0v) is 16.8. The van der Waals surface area contributed by atoms with Crippen LogP contribution in [0.4, 0.5) is 11.4 Å². The van der Waals surface area contributed by atoms with E-state index in [0.717, 1.165) is 5.56 Å². The summed E-state index contributed by atoms with van der Waals surface area (Å²) in [6.07, 6.45) is 1.13. The predicted molar refractivity (Wildman–Crippen MR) is 112 cm³/mol. The molecular weight excluding hydrogens is 409 g/mol. The lowest BCUT2D eigenvalue weighted by molar-refractivity contribution is -0.132. The molecule has 27 heavy (non-hydrogen) atoms. The van der Waals surface area contributed by atoms with Crippen LogP contribution in [0, 0.1) is 5.92 Å². The molecule has 1 heterocycles. The van der Waals surface area contributed by atoms with Crippen LogP contribution in [0.15, 0.2) is 42.5 Å². The van der Waals surface area contributed by atoms with Crippen molar-refractivity contribution in [1.82, 2.24) is 5.32 Å². The van der Waals surface area contributed by atoms with Crippen molar-refractivity contribution in [2.24, 2.45) is 5.92 Å². The molecule has 2 aromatic rings. The largest absolute Gasteiger partial charge is 0.399 e. The zero-order valence-electron chi connectivity index (χ0n) is 14.5. The number of nitrogens with two attached hydrogens (primary N) is 1. The van der Waals surface area contributed by atoms with Gasteiger partial charge in [0.2, 0.25) is 11.8 Å². The van der Waals surface area contributed by atoms with E-state index in [1.54, 1.807) is 18.2 Å². The number of halogens is 3. The fourth-order valence-corrected chi connectivity index (χ4v) is 3.38. The van der Waals surface area contributed by atoms with E-state index in [1.165, 1.54) is 4.90 Å². The molecule has 0 aliphatic carbocycles. The molecule has 3 N–H and O–H groups in total. The summed E-state index contributed by atoms with van der Waals surface area (Å²) >= 11 is 12.2. The summed E-state index contributed by atoms with van der Waals surface area (Å²) in [5.74, 6) is -1.21. The molecule has 8 heteroatoms. The number of nitrogen functional groups attached to an aromatic ring is 1. The second-order valence-electron chi connectivity index (χ2n) is 6.21. The Morgan fingerprint density at radius 1 is 1.19 bits per heavy atom. The summed E-state index contributed by atoms with van der Waals surface area (Å²) in [6, 6.07) is 12.4. The van der Waals surface area contributed by atoms with Gasteiger partial charge in [-0.2, -0.15) is 0 Å². The highest BCUT2D eigenvalue weighted by molar-refractivity contribution is 6.36. The maximum absolute atomic E-state index is 12.6. The summed E-state index contributed by atoms with van der Waals surface area (Å²) in [4.78, 5) is 26.5. The van der Waals surface area contributed by atoms with E-state index in [1.807, 2.05) is 24.3 Å². The van der Waals surface area contributed by atoms with Gasteiger partial charge in [-0.15, -0.1) is 12.4 Å². The van der Waals surface area contributed by atoms with E-state index in [9.17, 15) is 9.59 Å². The predicted octanol–water partition coefficient (Wildman–Crippen LogP) is 3.71. The molecule has 1 aliphatic heterocycles. The minimum atomic E-state index is -0.698. The van der Waals surface area contributed by atoms with Crippen molar-refractivity contribution in [3.8, 4) is 0 Å². The van der Waals surface area contributed by atoms with E-state index < -0.39 is 5.92 Å². The summed E-state index contributed by atoms with van der Waals surface area (Å²) in [5, 5.41) is 3.77. The van der Waals surface area contributed by atoms with Crippen LogP contribution in [-0.2, 0) is 16.0 Å². The van der Waals surface area contributed by atoms with E-state index in [4.69, 9.17) is 28.9 Å². The molecule has 1 aliphatic rings. The van der Waals surface area contributed by atoms with Crippen LogP contribution in [0.2, 0.25) is 10.0 Å².